The molecule has 0 aliphatic heterocycles. The Balaban J connectivity index is 1.10. The molecule has 0 spiro atoms. The van der Waals surface area contributed by atoms with E-state index in [1.165, 1.54) is 52.9 Å². The monoisotopic (exact) mass is 895 g/mol. The number of hydrogen-bond acceptors (Lipinski definition) is 10. The molecule has 0 saturated heterocycles. The quantitative estimate of drug-likeness (QED) is 0.0613. The van der Waals surface area contributed by atoms with Crippen molar-refractivity contribution >= 4 is 79.0 Å². The number of hydrogen-bond donors (Lipinski definition) is 8. The zero-order valence-electron chi connectivity index (χ0n) is 35.5. The minimum absolute atomic E-state index is 0.0219. The second kappa shape index (κ2) is 19.7. The first-order valence-electron chi connectivity index (χ1n) is 19.8. The lowest BCUT2D eigenvalue weighted by molar-refractivity contribution is -0.115. The molecule has 4 aromatic heterocycles. The molecule has 21 nitrogen and oxygen atoms in total. The molecule has 0 aliphatic carbocycles. The van der Waals surface area contributed by atoms with Crippen molar-refractivity contribution < 1.29 is 37.2 Å². The topological polar surface area (TPSA) is 284 Å². The van der Waals surface area contributed by atoms with Crippen LogP contribution in [0, 0.1) is 0 Å². The van der Waals surface area contributed by atoms with Gasteiger partial charge in [0.25, 0.3) is 23.6 Å². The number of fused-ring (bicyclic) bond motifs is 1. The van der Waals surface area contributed by atoms with Gasteiger partial charge in [-0.25, -0.2) is 8.42 Å². The SMILES string of the molecule is Cn1cc(NC(=O)c2cc(NC(=O)CN)cn2C)cc1C(=O)NCCN(CCNC(=O)c1cc(NC(=O)c2cc(NC(=O)CN)cn2C)cn1C)S(=O)(=O)c1ccc2ccccc2c1. The van der Waals surface area contributed by atoms with Crippen molar-refractivity contribution in [3.63, 3.8) is 0 Å². The number of sulfonamides is 1. The Kier molecular flexibility index (Phi) is 14.1. The second-order valence-corrected chi connectivity index (χ2v) is 16.7. The van der Waals surface area contributed by atoms with Gasteiger partial charge < -0.3 is 61.6 Å². The second-order valence-electron chi connectivity index (χ2n) is 14.7. The van der Waals surface area contributed by atoms with Crippen LogP contribution in [0.5, 0.6) is 0 Å². The van der Waals surface area contributed by atoms with Gasteiger partial charge in [-0.2, -0.15) is 4.31 Å². The van der Waals surface area contributed by atoms with Gasteiger partial charge in [0.1, 0.15) is 22.8 Å². The Labute approximate surface area is 367 Å². The zero-order chi connectivity index (χ0) is 46.3. The van der Waals surface area contributed by atoms with E-state index in [1.807, 2.05) is 12.1 Å². The number of aryl methyl sites for hydroxylation is 4. The lowest BCUT2D eigenvalue weighted by Crippen LogP contribution is -2.43. The predicted octanol–water partition coefficient (Wildman–Crippen LogP) is 1.34. The largest absolute Gasteiger partial charge is 0.349 e. The Hall–Kier alpha value is -7.53. The molecule has 0 fully saturated rings. The maximum atomic E-state index is 14.2. The highest BCUT2D eigenvalue weighted by Crippen LogP contribution is 2.23. The Bertz CT molecular complexity index is 2730. The number of rotatable bonds is 18. The molecule has 64 heavy (non-hydrogen) atoms. The molecule has 10 N–H and O–H groups in total. The van der Waals surface area contributed by atoms with E-state index < -0.39 is 45.5 Å². The van der Waals surface area contributed by atoms with Crippen molar-refractivity contribution in [2.45, 2.75) is 4.90 Å². The fraction of sp³-hybridized carbons (Fsp3) is 0.238. The van der Waals surface area contributed by atoms with E-state index in [0.29, 0.717) is 28.1 Å². The summed E-state index contributed by atoms with van der Waals surface area (Å²) >= 11 is 0. The van der Waals surface area contributed by atoms with E-state index in [4.69, 9.17) is 11.5 Å². The van der Waals surface area contributed by atoms with E-state index in [1.54, 1.807) is 77.2 Å². The average Bonchev–Trinajstić information content (AvgIpc) is 4.03. The van der Waals surface area contributed by atoms with Crippen LogP contribution in [0.1, 0.15) is 42.0 Å². The van der Waals surface area contributed by atoms with Gasteiger partial charge in [0.15, 0.2) is 0 Å². The number of nitrogens with two attached hydrogens (primary N) is 2. The highest BCUT2D eigenvalue weighted by atomic mass is 32.2. The number of benzene rings is 2. The molecule has 2 aromatic carbocycles. The average molecular weight is 896 g/mol. The summed E-state index contributed by atoms with van der Waals surface area (Å²) in [4.78, 5) is 76.4. The number of nitrogens with zero attached hydrogens (tertiary/aromatic N) is 5. The number of anilines is 4. The highest BCUT2D eigenvalue weighted by Gasteiger charge is 2.26. The molecule has 0 saturated carbocycles. The number of carbonyl (C=O) groups excluding carboxylic acids is 6. The molecular formula is C42H49N13O8S. The van der Waals surface area contributed by atoms with Crippen LogP contribution >= 0.6 is 0 Å². The molecule has 0 aliphatic rings. The molecule has 6 aromatic rings. The molecule has 0 unspecified atom stereocenters. The third kappa shape index (κ3) is 10.7. The normalized spacial score (nSPS) is 11.4. The maximum absolute atomic E-state index is 14.2. The van der Waals surface area contributed by atoms with Crippen molar-refractivity contribution in [2.75, 3.05) is 60.5 Å². The molecule has 4 heterocycles. The van der Waals surface area contributed by atoms with Crippen LogP contribution in [0.2, 0.25) is 0 Å². The maximum Gasteiger partial charge on any atom is 0.272 e. The highest BCUT2D eigenvalue weighted by molar-refractivity contribution is 7.89. The number of carbonyl (C=O) groups is 6. The summed E-state index contributed by atoms with van der Waals surface area (Å²) in [6.07, 6.45) is 6.21. The molecule has 6 rings (SSSR count). The lowest BCUT2D eigenvalue weighted by Gasteiger charge is -2.23. The third-order valence-electron chi connectivity index (χ3n) is 10.1. The van der Waals surface area contributed by atoms with Crippen LogP contribution in [0.15, 0.2) is 96.4 Å². The smallest absolute Gasteiger partial charge is 0.272 e. The molecule has 336 valence electrons. The van der Waals surface area contributed by atoms with Crippen LogP contribution in [0.3, 0.4) is 0 Å². The number of aromatic nitrogens is 4. The van der Waals surface area contributed by atoms with Gasteiger partial charge in [-0.1, -0.05) is 30.3 Å². The fourth-order valence-corrected chi connectivity index (χ4v) is 8.32. The molecule has 0 atom stereocenters. The van der Waals surface area contributed by atoms with Gasteiger partial charge in [-0.3, -0.25) is 28.8 Å². The minimum Gasteiger partial charge on any atom is -0.349 e. The summed E-state index contributed by atoms with van der Waals surface area (Å²) in [5.41, 5.74) is 13.0. The Morgan fingerprint density at radius 1 is 0.516 bits per heavy atom. The Morgan fingerprint density at radius 3 is 1.30 bits per heavy atom. The van der Waals surface area contributed by atoms with Crippen LogP contribution in [0.25, 0.3) is 10.8 Å². The van der Waals surface area contributed by atoms with Gasteiger partial charge >= 0.3 is 0 Å². The first kappa shape index (κ1) is 46.0. The predicted molar refractivity (Wildman–Crippen MR) is 240 cm³/mol. The van der Waals surface area contributed by atoms with Crippen LogP contribution in [-0.4, -0.2) is 106 Å². The lowest BCUT2D eigenvalue weighted by atomic mass is 10.1. The molecule has 6 amide bonds. The van der Waals surface area contributed by atoms with Crippen molar-refractivity contribution in [1.82, 2.24) is 33.2 Å². The molecule has 0 bridgehead atoms. The third-order valence-corrected chi connectivity index (χ3v) is 12.0. The van der Waals surface area contributed by atoms with Gasteiger partial charge in [0, 0.05) is 79.2 Å². The fourth-order valence-electron chi connectivity index (χ4n) is 6.85. The van der Waals surface area contributed by atoms with Crippen molar-refractivity contribution in [1.29, 1.82) is 0 Å². The summed E-state index contributed by atoms with van der Waals surface area (Å²) in [5, 5.41) is 17.7. The van der Waals surface area contributed by atoms with E-state index in [2.05, 4.69) is 31.9 Å². The van der Waals surface area contributed by atoms with Gasteiger partial charge in [-0.15, -0.1) is 0 Å². The van der Waals surface area contributed by atoms with Gasteiger partial charge in [-0.05, 0) is 47.2 Å². The summed E-state index contributed by atoms with van der Waals surface area (Å²) in [5.74, 6) is -2.91. The summed E-state index contributed by atoms with van der Waals surface area (Å²) < 4.78 is 35.6. The zero-order valence-corrected chi connectivity index (χ0v) is 36.3. The van der Waals surface area contributed by atoms with Crippen molar-refractivity contribution in [3.05, 3.63) is 114 Å². The van der Waals surface area contributed by atoms with E-state index in [0.717, 1.165) is 5.39 Å². The van der Waals surface area contributed by atoms with E-state index >= 15 is 0 Å². The molecule has 22 heteroatoms. The number of amides is 6. The molecular weight excluding hydrogens is 847 g/mol. The summed E-state index contributed by atoms with van der Waals surface area (Å²) in [7, 11) is 2.33. The first-order valence-corrected chi connectivity index (χ1v) is 21.2. The standard InChI is InChI=1S/C42H49N13O8S/c1-51-24-30(49-41(60)35-16-28(22-53(35)3)47-37(56)20-43)18-33(51)39(58)45-11-13-55(64(62,63)32-10-9-26-7-5-6-8-27(26)15-32)14-12-46-40(59)34-19-31(25-52(34)2)50-42(61)36-17-29(23-54(36)4)48-38(57)21-44/h5-10,15-19,22-25H,11-14,20-21,43-44H2,1-4H3,(H,45,58)(H,46,59)(H,47,56)(H,48,57)(H,49,60)(H,50,61). The van der Waals surface area contributed by atoms with Crippen molar-refractivity contribution in [3.8, 4) is 0 Å². The van der Waals surface area contributed by atoms with Crippen LogP contribution in [-0.2, 0) is 47.8 Å². The molecule has 0 radical (unpaired) electrons. The van der Waals surface area contributed by atoms with Crippen LogP contribution in [0.4, 0.5) is 22.7 Å². The van der Waals surface area contributed by atoms with E-state index in [9.17, 15) is 37.2 Å². The number of nitrogens with one attached hydrogen (secondary N) is 6. The van der Waals surface area contributed by atoms with Gasteiger partial charge in [0.2, 0.25) is 21.8 Å². The first-order chi connectivity index (χ1) is 30.5. The Morgan fingerprint density at radius 2 is 0.891 bits per heavy atom. The minimum atomic E-state index is -4.16. The van der Waals surface area contributed by atoms with Crippen molar-refractivity contribution in [2.24, 2.45) is 39.7 Å². The summed E-state index contributed by atoms with van der Waals surface area (Å²) in [6.45, 7) is -1.01. The van der Waals surface area contributed by atoms with Gasteiger partial charge in [0.05, 0.1) is 40.7 Å². The van der Waals surface area contributed by atoms with E-state index in [-0.39, 0.29) is 66.9 Å². The van der Waals surface area contributed by atoms with Crippen LogP contribution < -0.4 is 43.4 Å². The summed E-state index contributed by atoms with van der Waals surface area (Å²) in [6, 6.07) is 18.0.